The van der Waals surface area contributed by atoms with E-state index in [4.69, 9.17) is 0 Å². The zero-order valence-corrected chi connectivity index (χ0v) is 8.50. The molecule has 0 saturated carbocycles. The van der Waals surface area contributed by atoms with Crippen molar-refractivity contribution in [2.24, 2.45) is 0 Å². The van der Waals surface area contributed by atoms with Gasteiger partial charge in [0.15, 0.2) is 0 Å². The van der Waals surface area contributed by atoms with E-state index >= 15 is 0 Å². The monoisotopic (exact) mass is 306 g/mol. The van der Waals surface area contributed by atoms with Gasteiger partial charge in [0.05, 0.1) is 12.5 Å². The molecule has 0 saturated heterocycles. The first kappa shape index (κ1) is 17.6. The Balaban J connectivity index is 4.55. The van der Waals surface area contributed by atoms with Crippen LogP contribution in [0.5, 0.6) is 0 Å². The molecule has 0 unspecified atom stereocenters. The van der Waals surface area contributed by atoms with Crippen LogP contribution in [0.1, 0.15) is 0 Å². The molecule has 0 bridgehead atoms. The minimum absolute atomic E-state index is 0.365. The highest BCUT2D eigenvalue weighted by molar-refractivity contribution is 4.99. The van der Waals surface area contributed by atoms with Crippen LogP contribution in [-0.2, 0) is 4.74 Å². The molecule has 0 amide bonds. The molecule has 0 heterocycles. The van der Waals surface area contributed by atoms with Gasteiger partial charge < -0.3 is 4.74 Å². The Hall–Kier alpha value is -1.42. The van der Waals surface area contributed by atoms with Crippen molar-refractivity contribution in [1.82, 2.24) is 0 Å². The van der Waals surface area contributed by atoms with Gasteiger partial charge in [-0.15, -0.1) is 0 Å². The summed E-state index contributed by atoms with van der Waals surface area (Å²) < 4.78 is 121. The highest BCUT2D eigenvalue weighted by atomic mass is 19.4. The molecule has 0 aliphatic heterocycles. The lowest BCUT2D eigenvalue weighted by molar-refractivity contribution is -0.260. The molecule has 0 aromatic heterocycles. The number of hydrogen-bond acceptors (Lipinski definition) is 1. The fourth-order valence-corrected chi connectivity index (χ4v) is 0.484. The molecule has 1 nitrogen and oxygen atoms in total. The van der Waals surface area contributed by atoms with Gasteiger partial charge in [0.25, 0.3) is 0 Å². The first-order valence-electron chi connectivity index (χ1n) is 4.11. The Morgan fingerprint density at radius 3 is 1.00 bits per heavy atom. The van der Waals surface area contributed by atoms with Crippen molar-refractivity contribution < 1.29 is 48.6 Å². The predicted octanol–water partition coefficient (Wildman–Crippen LogP) is 4.43. The highest BCUT2D eigenvalue weighted by Crippen LogP contribution is 2.37. The summed E-state index contributed by atoms with van der Waals surface area (Å²) in [5, 5.41) is 0. The van der Waals surface area contributed by atoms with Gasteiger partial charge in [-0.25, -0.2) is 0 Å². The average molecular weight is 306 g/mol. The summed E-state index contributed by atoms with van der Waals surface area (Å²) in [5.74, 6) is -10.6. The van der Waals surface area contributed by atoms with Crippen LogP contribution in [-0.4, -0.2) is 24.2 Å². The van der Waals surface area contributed by atoms with Gasteiger partial charge in [0.1, 0.15) is 0 Å². The molecule has 112 valence electrons. The average Bonchev–Trinajstić information content (AvgIpc) is 2.12. The Bertz CT molecular complexity index is 314. The summed E-state index contributed by atoms with van der Waals surface area (Å²) in [6, 6.07) is 0. The van der Waals surface area contributed by atoms with Gasteiger partial charge in [-0.2, -0.15) is 43.9 Å². The predicted molar refractivity (Wildman–Crippen MR) is 41.4 cm³/mol. The summed E-state index contributed by atoms with van der Waals surface area (Å²) in [6.45, 7) is 0. The minimum atomic E-state index is -5.94. The number of ether oxygens (including phenoxy) is 1. The van der Waals surface area contributed by atoms with E-state index in [1.165, 1.54) is 0 Å². The second kappa shape index (κ2) is 5.29. The molecule has 0 aromatic rings. The van der Waals surface area contributed by atoms with Crippen molar-refractivity contribution in [1.29, 1.82) is 0 Å². The van der Waals surface area contributed by atoms with Crippen LogP contribution in [0.4, 0.5) is 43.9 Å². The molecular weight excluding hydrogens is 302 g/mol. The molecule has 19 heavy (non-hydrogen) atoms. The molecule has 0 aliphatic carbocycles. The van der Waals surface area contributed by atoms with Crippen molar-refractivity contribution in [3.05, 3.63) is 24.7 Å². The molecule has 0 aliphatic rings. The number of allylic oxidation sites excluding steroid dienone is 2. The maximum absolute atomic E-state index is 12.1. The van der Waals surface area contributed by atoms with Gasteiger partial charge in [-0.3, -0.25) is 0 Å². The molecule has 0 atom stereocenters. The zero-order chi connectivity index (χ0) is 15.5. The van der Waals surface area contributed by atoms with Crippen molar-refractivity contribution in [3.8, 4) is 0 Å². The standard InChI is InChI=1S/C8H4F10O/c9-5(10,7(13,14)15)1-3-19-4-2-6(11,12)8(16,17)18/h1-4H. The maximum atomic E-state index is 12.1. The van der Waals surface area contributed by atoms with Crippen LogP contribution in [0.2, 0.25) is 0 Å². The van der Waals surface area contributed by atoms with Gasteiger partial charge in [0.2, 0.25) is 0 Å². The number of rotatable bonds is 4. The van der Waals surface area contributed by atoms with E-state index in [2.05, 4.69) is 4.74 Å². The van der Waals surface area contributed by atoms with Gasteiger partial charge in [-0.05, 0) is 0 Å². The van der Waals surface area contributed by atoms with Crippen molar-refractivity contribution in [3.63, 3.8) is 0 Å². The first-order chi connectivity index (χ1) is 8.21. The SMILES string of the molecule is FC(F)(F)C(F)(F)C=COC=CC(F)(F)C(F)(F)F. The van der Waals surface area contributed by atoms with Crippen molar-refractivity contribution in [2.45, 2.75) is 24.2 Å². The second-order valence-corrected chi connectivity index (χ2v) is 2.98. The zero-order valence-electron chi connectivity index (χ0n) is 8.50. The van der Waals surface area contributed by atoms with E-state index < -0.39 is 36.3 Å². The van der Waals surface area contributed by atoms with E-state index in [0.717, 1.165) is 0 Å². The summed E-state index contributed by atoms with van der Waals surface area (Å²) in [6.07, 6.45) is -14.3. The molecule has 0 aromatic carbocycles. The summed E-state index contributed by atoms with van der Waals surface area (Å²) >= 11 is 0. The molecule has 0 N–H and O–H groups in total. The number of hydrogen-bond donors (Lipinski definition) is 0. The van der Waals surface area contributed by atoms with E-state index in [1.54, 1.807) is 0 Å². The number of halogens is 10. The van der Waals surface area contributed by atoms with Crippen LogP contribution >= 0.6 is 0 Å². The molecule has 0 spiro atoms. The third kappa shape index (κ3) is 4.99. The van der Waals surface area contributed by atoms with Crippen LogP contribution in [0.3, 0.4) is 0 Å². The molecule has 11 heteroatoms. The van der Waals surface area contributed by atoms with Crippen LogP contribution < -0.4 is 0 Å². The maximum Gasteiger partial charge on any atom is 0.457 e. The van der Waals surface area contributed by atoms with Gasteiger partial charge >= 0.3 is 24.2 Å². The fraction of sp³-hybridized carbons (Fsp3) is 0.500. The lowest BCUT2D eigenvalue weighted by Crippen LogP contribution is -2.34. The van der Waals surface area contributed by atoms with Crippen molar-refractivity contribution >= 4 is 0 Å². The Morgan fingerprint density at radius 2 is 0.789 bits per heavy atom. The smallest absolute Gasteiger partial charge is 0.457 e. The molecular formula is C8H4F10O. The minimum Gasteiger partial charge on any atom is -0.473 e. The van der Waals surface area contributed by atoms with Gasteiger partial charge in [0, 0.05) is 12.2 Å². The van der Waals surface area contributed by atoms with Crippen LogP contribution in [0.25, 0.3) is 0 Å². The molecule has 0 rings (SSSR count). The summed E-state index contributed by atoms with van der Waals surface area (Å²) in [5.41, 5.74) is 0. The number of alkyl halides is 10. The Morgan fingerprint density at radius 1 is 0.526 bits per heavy atom. The topological polar surface area (TPSA) is 9.23 Å². The van der Waals surface area contributed by atoms with E-state index in [1.807, 2.05) is 0 Å². The molecule has 0 radical (unpaired) electrons. The normalized spacial score (nSPS) is 15.5. The lowest BCUT2D eigenvalue weighted by atomic mass is 10.3. The van der Waals surface area contributed by atoms with E-state index in [0.29, 0.717) is 0 Å². The highest BCUT2D eigenvalue weighted by Gasteiger charge is 2.56. The Kier molecular flexibility index (Phi) is 4.90. The molecule has 0 fully saturated rings. The second-order valence-electron chi connectivity index (χ2n) is 2.98. The van der Waals surface area contributed by atoms with Crippen molar-refractivity contribution in [2.75, 3.05) is 0 Å². The van der Waals surface area contributed by atoms with Crippen LogP contribution in [0.15, 0.2) is 24.7 Å². The first-order valence-corrected chi connectivity index (χ1v) is 4.11. The van der Waals surface area contributed by atoms with Gasteiger partial charge in [-0.1, -0.05) is 0 Å². The summed E-state index contributed by atoms with van der Waals surface area (Å²) in [7, 11) is 0. The summed E-state index contributed by atoms with van der Waals surface area (Å²) in [4.78, 5) is 0. The third-order valence-electron chi connectivity index (χ3n) is 1.47. The lowest BCUT2D eigenvalue weighted by Gasteiger charge is -2.15. The van der Waals surface area contributed by atoms with Crippen LogP contribution in [0, 0.1) is 0 Å². The fourth-order valence-electron chi connectivity index (χ4n) is 0.484. The quantitative estimate of drug-likeness (QED) is 0.551. The van der Waals surface area contributed by atoms with E-state index in [9.17, 15) is 43.9 Å². The largest absolute Gasteiger partial charge is 0.473 e. The Labute approximate surface area is 98.7 Å². The third-order valence-corrected chi connectivity index (χ3v) is 1.47. The van der Waals surface area contributed by atoms with E-state index in [-0.39, 0.29) is 12.5 Å².